The van der Waals surface area contributed by atoms with Gasteiger partial charge in [-0.3, -0.25) is 9.36 Å². The van der Waals surface area contributed by atoms with Crippen LogP contribution in [0, 0.1) is 0 Å². The number of halogens is 3. The van der Waals surface area contributed by atoms with Crippen LogP contribution in [0.3, 0.4) is 0 Å². The maximum absolute atomic E-state index is 13.1. The zero-order chi connectivity index (χ0) is 24.0. The highest BCUT2D eigenvalue weighted by Gasteiger charge is 2.32. The first-order chi connectivity index (χ1) is 16.4. The first kappa shape index (κ1) is 23.2. The Morgan fingerprint density at radius 2 is 1.59 bits per heavy atom. The van der Waals surface area contributed by atoms with Crippen LogP contribution in [0.5, 0.6) is 0 Å². The minimum Gasteiger partial charge on any atom is -0.272 e. The molecule has 0 saturated heterocycles. The molecule has 34 heavy (non-hydrogen) atoms. The van der Waals surface area contributed by atoms with Gasteiger partial charge in [-0.15, -0.1) is 10.2 Å². The van der Waals surface area contributed by atoms with E-state index in [0.29, 0.717) is 11.0 Å². The van der Waals surface area contributed by atoms with Crippen molar-refractivity contribution in [3.63, 3.8) is 0 Å². The number of nitrogens with one attached hydrogen (secondary N) is 1. The van der Waals surface area contributed by atoms with Crippen molar-refractivity contribution in [1.29, 1.82) is 0 Å². The lowest BCUT2D eigenvalue weighted by Crippen LogP contribution is -2.20. The van der Waals surface area contributed by atoms with Gasteiger partial charge in [0.15, 0.2) is 11.0 Å². The summed E-state index contributed by atoms with van der Waals surface area (Å²) in [5.74, 6) is 0.0731. The van der Waals surface area contributed by atoms with Crippen molar-refractivity contribution in [3.05, 3.63) is 96.1 Å². The van der Waals surface area contributed by atoms with E-state index in [1.165, 1.54) is 18.2 Å². The number of hydrogen-bond acceptors (Lipinski definition) is 5. The molecule has 0 radical (unpaired) electrons. The number of para-hydroxylation sites is 1. The van der Waals surface area contributed by atoms with Gasteiger partial charge in [0.1, 0.15) is 0 Å². The van der Waals surface area contributed by atoms with Gasteiger partial charge in [-0.25, -0.2) is 5.43 Å². The number of alkyl halides is 3. The largest absolute Gasteiger partial charge is 0.417 e. The van der Waals surface area contributed by atoms with Crippen molar-refractivity contribution >= 4 is 23.9 Å². The number of benzene rings is 3. The van der Waals surface area contributed by atoms with Gasteiger partial charge < -0.3 is 0 Å². The SMILES string of the molecule is O=C(CSc1nnc(-c2ccccc2)n1-c1ccccc1)N/N=C/c1ccccc1C(F)(F)F. The summed E-state index contributed by atoms with van der Waals surface area (Å²) in [5.41, 5.74) is 2.99. The van der Waals surface area contributed by atoms with E-state index in [9.17, 15) is 18.0 Å². The Kier molecular flexibility index (Phi) is 7.07. The highest BCUT2D eigenvalue weighted by Crippen LogP contribution is 2.31. The van der Waals surface area contributed by atoms with E-state index in [2.05, 4.69) is 20.7 Å². The second-order valence-electron chi connectivity index (χ2n) is 7.01. The van der Waals surface area contributed by atoms with Crippen molar-refractivity contribution in [2.24, 2.45) is 5.10 Å². The summed E-state index contributed by atoms with van der Waals surface area (Å²) >= 11 is 1.14. The van der Waals surface area contributed by atoms with Gasteiger partial charge in [-0.2, -0.15) is 18.3 Å². The van der Waals surface area contributed by atoms with E-state index < -0.39 is 17.6 Å². The van der Waals surface area contributed by atoms with Crippen molar-refractivity contribution in [2.75, 3.05) is 5.75 Å². The molecule has 1 amide bonds. The van der Waals surface area contributed by atoms with Gasteiger partial charge >= 0.3 is 6.18 Å². The quantitative estimate of drug-likeness (QED) is 0.224. The fraction of sp³-hybridized carbons (Fsp3) is 0.0833. The zero-order valence-electron chi connectivity index (χ0n) is 17.6. The van der Waals surface area contributed by atoms with E-state index in [1.807, 2.05) is 65.2 Å². The van der Waals surface area contributed by atoms with Gasteiger partial charge in [-0.1, -0.05) is 78.5 Å². The third-order valence-corrected chi connectivity index (χ3v) is 5.60. The average molecular weight is 482 g/mol. The smallest absolute Gasteiger partial charge is 0.272 e. The van der Waals surface area contributed by atoms with E-state index in [0.717, 1.165) is 35.3 Å². The second kappa shape index (κ2) is 10.3. The molecule has 172 valence electrons. The molecule has 6 nitrogen and oxygen atoms in total. The van der Waals surface area contributed by atoms with Crippen LogP contribution in [0.25, 0.3) is 17.1 Å². The van der Waals surface area contributed by atoms with Crippen LogP contribution in [0.4, 0.5) is 13.2 Å². The van der Waals surface area contributed by atoms with E-state index in [1.54, 1.807) is 0 Å². The lowest BCUT2D eigenvalue weighted by Gasteiger charge is -2.10. The first-order valence-electron chi connectivity index (χ1n) is 10.1. The van der Waals surface area contributed by atoms with Crippen LogP contribution in [-0.2, 0) is 11.0 Å². The summed E-state index contributed by atoms with van der Waals surface area (Å²) in [6, 6.07) is 24.0. The Bertz CT molecular complexity index is 1290. The van der Waals surface area contributed by atoms with Crippen molar-refractivity contribution in [1.82, 2.24) is 20.2 Å². The Morgan fingerprint density at radius 1 is 0.941 bits per heavy atom. The number of thioether (sulfide) groups is 1. The maximum Gasteiger partial charge on any atom is 0.417 e. The number of hydrazone groups is 1. The summed E-state index contributed by atoms with van der Waals surface area (Å²) in [5, 5.41) is 12.7. The number of hydrogen-bond donors (Lipinski definition) is 1. The van der Waals surface area contributed by atoms with Gasteiger partial charge in [0.2, 0.25) is 0 Å². The fourth-order valence-electron chi connectivity index (χ4n) is 3.15. The molecule has 0 spiro atoms. The molecular formula is C24H18F3N5OS. The summed E-state index contributed by atoms with van der Waals surface area (Å²) in [6.07, 6.45) is -3.54. The van der Waals surface area contributed by atoms with Gasteiger partial charge in [-0.05, 0) is 18.2 Å². The normalized spacial score (nSPS) is 11.6. The molecule has 0 atom stereocenters. The third-order valence-electron chi connectivity index (χ3n) is 4.67. The van der Waals surface area contributed by atoms with Crippen LogP contribution in [0.1, 0.15) is 11.1 Å². The number of carbonyl (C=O) groups excluding carboxylic acids is 1. The Balaban J connectivity index is 1.48. The Morgan fingerprint density at radius 3 is 2.29 bits per heavy atom. The minimum absolute atomic E-state index is 0.0575. The first-order valence-corrected chi connectivity index (χ1v) is 11.1. The van der Waals surface area contributed by atoms with Crippen LogP contribution in [0.15, 0.2) is 95.2 Å². The number of amides is 1. The van der Waals surface area contributed by atoms with E-state index >= 15 is 0 Å². The predicted octanol–water partition coefficient (Wildman–Crippen LogP) is 5.20. The van der Waals surface area contributed by atoms with Crippen molar-refractivity contribution < 1.29 is 18.0 Å². The number of carbonyl (C=O) groups is 1. The van der Waals surface area contributed by atoms with Crippen molar-refractivity contribution in [2.45, 2.75) is 11.3 Å². The van der Waals surface area contributed by atoms with Gasteiger partial charge in [0.05, 0.1) is 17.5 Å². The standard InChI is InChI=1S/C24H18F3N5OS/c25-24(26,27)20-14-8-7-11-18(20)15-28-29-21(33)16-34-23-31-30-22(17-9-3-1-4-10-17)32(23)19-12-5-2-6-13-19/h1-15H,16H2,(H,29,33)/b28-15+. The molecule has 1 N–H and O–H groups in total. The number of rotatable bonds is 7. The summed E-state index contributed by atoms with van der Waals surface area (Å²) in [4.78, 5) is 12.3. The van der Waals surface area contributed by atoms with Crippen LogP contribution in [0.2, 0.25) is 0 Å². The van der Waals surface area contributed by atoms with Crippen LogP contribution < -0.4 is 5.43 Å². The molecule has 0 saturated carbocycles. The zero-order valence-corrected chi connectivity index (χ0v) is 18.4. The monoisotopic (exact) mass is 481 g/mol. The molecular weight excluding hydrogens is 463 g/mol. The molecule has 0 aliphatic carbocycles. The molecule has 1 heterocycles. The van der Waals surface area contributed by atoms with E-state index in [4.69, 9.17) is 0 Å². The molecule has 4 rings (SSSR count). The van der Waals surface area contributed by atoms with E-state index in [-0.39, 0.29) is 11.3 Å². The lowest BCUT2D eigenvalue weighted by molar-refractivity contribution is -0.137. The molecule has 1 aromatic heterocycles. The molecule has 0 aliphatic heterocycles. The molecule has 10 heteroatoms. The average Bonchev–Trinajstić information content (AvgIpc) is 3.27. The summed E-state index contributed by atoms with van der Waals surface area (Å²) in [7, 11) is 0. The molecule has 0 bridgehead atoms. The predicted molar refractivity (Wildman–Crippen MR) is 125 cm³/mol. The summed E-state index contributed by atoms with van der Waals surface area (Å²) in [6.45, 7) is 0. The third kappa shape index (κ3) is 5.52. The fourth-order valence-corrected chi connectivity index (χ4v) is 3.90. The second-order valence-corrected chi connectivity index (χ2v) is 7.95. The lowest BCUT2D eigenvalue weighted by atomic mass is 10.1. The van der Waals surface area contributed by atoms with Crippen LogP contribution >= 0.6 is 11.8 Å². The van der Waals surface area contributed by atoms with Gasteiger partial charge in [0.25, 0.3) is 5.91 Å². The van der Waals surface area contributed by atoms with Crippen molar-refractivity contribution in [3.8, 4) is 17.1 Å². The Hall–Kier alpha value is -3.92. The molecule has 4 aromatic rings. The topological polar surface area (TPSA) is 72.2 Å². The molecule has 0 aliphatic rings. The molecule has 0 fully saturated rings. The highest BCUT2D eigenvalue weighted by atomic mass is 32.2. The van der Waals surface area contributed by atoms with Crippen LogP contribution in [-0.4, -0.2) is 32.6 Å². The molecule has 0 unspecified atom stereocenters. The Labute approximate surface area is 197 Å². The molecule has 3 aromatic carbocycles. The van der Waals surface area contributed by atoms with Gasteiger partial charge in [0, 0.05) is 16.8 Å². The minimum atomic E-state index is -4.51. The number of nitrogens with zero attached hydrogens (tertiary/aromatic N) is 4. The number of aromatic nitrogens is 3. The summed E-state index contributed by atoms with van der Waals surface area (Å²) < 4.78 is 41.1. The highest BCUT2D eigenvalue weighted by molar-refractivity contribution is 7.99. The maximum atomic E-state index is 13.1.